The monoisotopic (exact) mass is 368 g/mol. The molecule has 5 nitrogen and oxygen atoms in total. The van der Waals surface area contributed by atoms with Gasteiger partial charge in [-0.1, -0.05) is 36.1 Å². The molecule has 0 spiro atoms. The van der Waals surface area contributed by atoms with Crippen LogP contribution < -0.4 is 5.32 Å². The first-order chi connectivity index (χ1) is 11.3. The molecule has 1 amide bonds. The molecule has 2 aromatic heterocycles. The van der Waals surface area contributed by atoms with Crippen LogP contribution in [0.15, 0.2) is 21.9 Å². The summed E-state index contributed by atoms with van der Waals surface area (Å²) in [6.07, 6.45) is 3.21. The number of nitrogens with zero attached hydrogens (tertiary/aromatic N) is 3. The summed E-state index contributed by atoms with van der Waals surface area (Å²) in [4.78, 5) is 15.9. The normalized spacial score (nSPS) is 17.6. The van der Waals surface area contributed by atoms with Crippen molar-refractivity contribution in [2.45, 2.75) is 36.6 Å². The fraction of sp³-hybridized carbons (Fsp3) is 0.533. The molecule has 1 fully saturated rings. The number of thioether (sulfide) groups is 1. The van der Waals surface area contributed by atoms with E-state index in [1.165, 1.54) is 28.0 Å². The average molecular weight is 369 g/mol. The number of carbonyl (C=O) groups excluding carboxylic acids is 1. The maximum Gasteiger partial charge on any atom is 0.233 e. The second-order valence-electron chi connectivity index (χ2n) is 5.35. The third-order valence-corrected chi connectivity index (χ3v) is 6.67. The molecule has 0 saturated carbocycles. The van der Waals surface area contributed by atoms with Crippen LogP contribution in [-0.4, -0.2) is 39.8 Å². The zero-order valence-electron chi connectivity index (χ0n) is 13.0. The van der Waals surface area contributed by atoms with E-state index in [0.29, 0.717) is 5.75 Å². The second kappa shape index (κ2) is 8.12. The Kier molecular flexibility index (Phi) is 5.91. The third kappa shape index (κ3) is 4.24. The van der Waals surface area contributed by atoms with Crippen LogP contribution in [0, 0.1) is 0 Å². The van der Waals surface area contributed by atoms with E-state index in [2.05, 4.69) is 40.0 Å². The first kappa shape index (κ1) is 16.7. The van der Waals surface area contributed by atoms with E-state index in [1.54, 1.807) is 11.3 Å². The van der Waals surface area contributed by atoms with Gasteiger partial charge in [0.15, 0.2) is 4.34 Å². The highest BCUT2D eigenvalue weighted by Gasteiger charge is 2.30. The van der Waals surface area contributed by atoms with Crippen LogP contribution in [0.4, 0.5) is 5.13 Å². The zero-order chi connectivity index (χ0) is 16.1. The van der Waals surface area contributed by atoms with Crippen molar-refractivity contribution in [3.8, 4) is 0 Å². The molecule has 1 saturated heterocycles. The number of thiophene rings is 1. The van der Waals surface area contributed by atoms with Crippen molar-refractivity contribution in [3.63, 3.8) is 0 Å². The minimum Gasteiger partial charge on any atom is -0.360 e. The van der Waals surface area contributed by atoms with Gasteiger partial charge < -0.3 is 10.2 Å². The van der Waals surface area contributed by atoms with Crippen molar-refractivity contribution < 1.29 is 4.79 Å². The summed E-state index contributed by atoms with van der Waals surface area (Å²) in [5.41, 5.74) is 0. The van der Waals surface area contributed by atoms with Crippen LogP contribution >= 0.6 is 34.4 Å². The van der Waals surface area contributed by atoms with Gasteiger partial charge in [0.1, 0.15) is 0 Å². The number of nitrogens with one attached hydrogen (secondary N) is 1. The predicted octanol–water partition coefficient (Wildman–Crippen LogP) is 3.88. The number of anilines is 1. The molecule has 1 aliphatic rings. The lowest BCUT2D eigenvalue weighted by molar-refractivity contribution is -0.129. The number of aromatic nitrogens is 2. The van der Waals surface area contributed by atoms with Crippen molar-refractivity contribution in [1.29, 1.82) is 0 Å². The number of carbonyl (C=O) groups is 1. The molecule has 2 aromatic rings. The molecule has 1 aliphatic heterocycles. The van der Waals surface area contributed by atoms with Crippen LogP contribution in [0.25, 0.3) is 0 Å². The minimum absolute atomic E-state index is 0.198. The van der Waals surface area contributed by atoms with E-state index in [0.717, 1.165) is 41.8 Å². The lowest BCUT2D eigenvalue weighted by atomic mass is 10.2. The smallest absolute Gasteiger partial charge is 0.233 e. The Morgan fingerprint density at radius 3 is 3.22 bits per heavy atom. The summed E-state index contributed by atoms with van der Waals surface area (Å²) in [7, 11) is 0. The van der Waals surface area contributed by atoms with E-state index < -0.39 is 0 Å². The fourth-order valence-corrected chi connectivity index (χ4v) is 5.16. The Bertz CT molecular complexity index is 628. The van der Waals surface area contributed by atoms with Crippen LogP contribution in [0.3, 0.4) is 0 Å². The van der Waals surface area contributed by atoms with Gasteiger partial charge in [0.2, 0.25) is 11.0 Å². The molecule has 0 radical (unpaired) electrons. The lowest BCUT2D eigenvalue weighted by Crippen LogP contribution is -2.31. The summed E-state index contributed by atoms with van der Waals surface area (Å²) >= 11 is 4.74. The average Bonchev–Trinajstić information content (AvgIpc) is 3.31. The van der Waals surface area contributed by atoms with Gasteiger partial charge in [-0.25, -0.2) is 0 Å². The zero-order valence-corrected chi connectivity index (χ0v) is 15.5. The highest BCUT2D eigenvalue weighted by Crippen LogP contribution is 2.35. The Hall–Kier alpha value is -1.12. The Morgan fingerprint density at radius 2 is 2.43 bits per heavy atom. The number of rotatable bonds is 7. The molecule has 3 heterocycles. The maximum absolute atomic E-state index is 12.6. The summed E-state index contributed by atoms with van der Waals surface area (Å²) in [6.45, 7) is 3.87. The molecular weight excluding hydrogens is 348 g/mol. The molecule has 0 bridgehead atoms. The Balaban J connectivity index is 1.53. The topological polar surface area (TPSA) is 58.1 Å². The van der Waals surface area contributed by atoms with Crippen LogP contribution in [0.2, 0.25) is 0 Å². The highest BCUT2D eigenvalue weighted by atomic mass is 32.2. The second-order valence-corrected chi connectivity index (χ2v) is 8.53. The largest absolute Gasteiger partial charge is 0.360 e. The van der Waals surface area contributed by atoms with E-state index in [4.69, 9.17) is 0 Å². The molecule has 124 valence electrons. The molecule has 1 unspecified atom stereocenters. The number of hydrogen-bond donors (Lipinski definition) is 1. The summed E-state index contributed by atoms with van der Waals surface area (Å²) in [5, 5.41) is 14.4. The van der Waals surface area contributed by atoms with Crippen molar-refractivity contribution in [2.24, 2.45) is 0 Å². The molecule has 0 aliphatic carbocycles. The molecule has 23 heavy (non-hydrogen) atoms. The number of likely N-dealkylation sites (tertiary alicyclic amines) is 1. The fourth-order valence-electron chi connectivity index (χ4n) is 2.62. The van der Waals surface area contributed by atoms with Crippen molar-refractivity contribution in [2.75, 3.05) is 24.2 Å². The lowest BCUT2D eigenvalue weighted by Gasteiger charge is -2.23. The predicted molar refractivity (Wildman–Crippen MR) is 97.4 cm³/mol. The van der Waals surface area contributed by atoms with Crippen LogP contribution in [0.1, 0.15) is 37.1 Å². The van der Waals surface area contributed by atoms with Gasteiger partial charge in [0, 0.05) is 18.0 Å². The van der Waals surface area contributed by atoms with Crippen LogP contribution in [0.5, 0.6) is 0 Å². The number of amides is 1. The summed E-state index contributed by atoms with van der Waals surface area (Å²) in [5.74, 6) is 0.633. The molecule has 1 atom stereocenters. The van der Waals surface area contributed by atoms with Gasteiger partial charge in [-0.2, -0.15) is 0 Å². The van der Waals surface area contributed by atoms with Gasteiger partial charge in [-0.3, -0.25) is 4.79 Å². The van der Waals surface area contributed by atoms with Gasteiger partial charge in [-0.05, 0) is 30.7 Å². The SMILES string of the molecule is CCCNc1nnc(SCC(=O)N2CCCC2c2cccs2)s1. The van der Waals surface area contributed by atoms with Crippen molar-refractivity contribution >= 4 is 45.5 Å². The van der Waals surface area contributed by atoms with Crippen LogP contribution in [-0.2, 0) is 4.79 Å². The molecule has 3 rings (SSSR count). The van der Waals surface area contributed by atoms with Gasteiger partial charge in [0.25, 0.3) is 0 Å². The molecule has 0 aromatic carbocycles. The quantitative estimate of drug-likeness (QED) is 0.752. The van der Waals surface area contributed by atoms with E-state index >= 15 is 0 Å². The van der Waals surface area contributed by atoms with Crippen molar-refractivity contribution in [1.82, 2.24) is 15.1 Å². The van der Waals surface area contributed by atoms with Crippen molar-refractivity contribution in [3.05, 3.63) is 22.4 Å². The maximum atomic E-state index is 12.6. The van der Waals surface area contributed by atoms with E-state index in [-0.39, 0.29) is 11.9 Å². The van der Waals surface area contributed by atoms with Gasteiger partial charge in [-0.15, -0.1) is 21.5 Å². The Labute approximate surface area is 148 Å². The first-order valence-corrected chi connectivity index (χ1v) is 10.5. The Morgan fingerprint density at radius 1 is 1.52 bits per heavy atom. The van der Waals surface area contributed by atoms with Gasteiger partial charge >= 0.3 is 0 Å². The van der Waals surface area contributed by atoms with E-state index in [1.807, 2.05) is 4.90 Å². The van der Waals surface area contributed by atoms with Gasteiger partial charge in [0.05, 0.1) is 11.8 Å². The standard InChI is InChI=1S/C15H20N4OS3/c1-2-7-16-14-17-18-15(23-14)22-10-13(20)19-8-3-5-11(19)12-6-4-9-21-12/h4,6,9,11H,2-3,5,7-8,10H2,1H3,(H,16,17). The third-order valence-electron chi connectivity index (χ3n) is 3.70. The summed E-state index contributed by atoms with van der Waals surface area (Å²) < 4.78 is 0.851. The molecule has 8 heteroatoms. The number of hydrogen-bond acceptors (Lipinski definition) is 7. The minimum atomic E-state index is 0.198. The summed E-state index contributed by atoms with van der Waals surface area (Å²) in [6, 6.07) is 4.45. The molecule has 1 N–H and O–H groups in total. The molecular formula is C15H20N4OS3. The van der Waals surface area contributed by atoms with E-state index in [9.17, 15) is 4.79 Å². The first-order valence-electron chi connectivity index (χ1n) is 7.81. The highest BCUT2D eigenvalue weighted by molar-refractivity contribution is 8.01.